The van der Waals surface area contributed by atoms with Gasteiger partial charge < -0.3 is 0 Å². The summed E-state index contributed by atoms with van der Waals surface area (Å²) in [6.07, 6.45) is 18.2. The third-order valence-corrected chi connectivity index (χ3v) is 4.36. The summed E-state index contributed by atoms with van der Waals surface area (Å²) >= 11 is 0. The zero-order valence-corrected chi connectivity index (χ0v) is 12.0. The van der Waals surface area contributed by atoms with Crippen LogP contribution in [0.15, 0.2) is 12.7 Å². The number of nitrogens with two attached hydrogens (primary N) is 1. The number of allylic oxidation sites excluding steroid dienone is 1. The average Bonchev–Trinajstić information content (AvgIpc) is 2.35. The fraction of sp³-hybridized carbons (Fsp3) is 0.875. The highest BCUT2D eigenvalue weighted by atomic mass is 15.2. The van der Waals surface area contributed by atoms with E-state index in [4.69, 9.17) is 5.84 Å². The first kappa shape index (κ1) is 15.7. The summed E-state index contributed by atoms with van der Waals surface area (Å²) in [6.45, 7) is 3.77. The molecule has 0 saturated heterocycles. The number of hydrazine groups is 1. The van der Waals surface area contributed by atoms with Crippen molar-refractivity contribution in [1.29, 1.82) is 0 Å². The van der Waals surface area contributed by atoms with Crippen molar-refractivity contribution < 1.29 is 0 Å². The van der Waals surface area contributed by atoms with E-state index in [9.17, 15) is 0 Å². The highest BCUT2D eigenvalue weighted by Gasteiger charge is 2.20. The first-order valence-electron chi connectivity index (χ1n) is 7.95. The third-order valence-electron chi connectivity index (χ3n) is 4.36. The van der Waals surface area contributed by atoms with Crippen molar-refractivity contribution in [2.75, 3.05) is 0 Å². The van der Waals surface area contributed by atoms with Crippen molar-refractivity contribution in [3.63, 3.8) is 0 Å². The second kappa shape index (κ2) is 10.6. The van der Waals surface area contributed by atoms with Crippen LogP contribution < -0.4 is 11.3 Å². The Labute approximate surface area is 113 Å². The van der Waals surface area contributed by atoms with E-state index in [1.165, 1.54) is 70.6 Å². The van der Waals surface area contributed by atoms with E-state index in [1.54, 1.807) is 0 Å². The molecule has 0 radical (unpaired) electrons. The molecule has 1 unspecified atom stereocenters. The van der Waals surface area contributed by atoms with Crippen LogP contribution in [-0.4, -0.2) is 6.04 Å². The minimum atomic E-state index is 0.548. The van der Waals surface area contributed by atoms with Gasteiger partial charge in [0, 0.05) is 6.04 Å². The molecule has 0 amide bonds. The molecule has 2 nitrogen and oxygen atoms in total. The minimum absolute atomic E-state index is 0.548. The smallest absolute Gasteiger partial charge is 0.0238 e. The first-order chi connectivity index (χ1) is 8.88. The van der Waals surface area contributed by atoms with E-state index < -0.39 is 0 Å². The Bertz CT molecular complexity index is 195. The van der Waals surface area contributed by atoms with E-state index in [0.29, 0.717) is 6.04 Å². The van der Waals surface area contributed by atoms with E-state index in [-0.39, 0.29) is 0 Å². The van der Waals surface area contributed by atoms with Crippen LogP contribution in [0.1, 0.15) is 77.0 Å². The summed E-state index contributed by atoms with van der Waals surface area (Å²) in [5, 5.41) is 0. The Morgan fingerprint density at radius 1 is 1.06 bits per heavy atom. The Kier molecular flexibility index (Phi) is 9.23. The largest absolute Gasteiger partial charge is 0.271 e. The summed E-state index contributed by atoms with van der Waals surface area (Å²) in [6, 6.07) is 0.548. The Morgan fingerprint density at radius 3 is 2.33 bits per heavy atom. The average molecular weight is 252 g/mol. The van der Waals surface area contributed by atoms with Gasteiger partial charge in [-0.3, -0.25) is 11.3 Å². The van der Waals surface area contributed by atoms with E-state index in [2.05, 4.69) is 12.0 Å². The van der Waals surface area contributed by atoms with Crippen molar-refractivity contribution >= 4 is 0 Å². The van der Waals surface area contributed by atoms with Gasteiger partial charge in [-0.25, -0.2) is 0 Å². The zero-order valence-electron chi connectivity index (χ0n) is 12.0. The highest BCUT2D eigenvalue weighted by molar-refractivity contribution is 4.76. The van der Waals surface area contributed by atoms with Gasteiger partial charge >= 0.3 is 0 Å². The van der Waals surface area contributed by atoms with Crippen LogP contribution in [0.2, 0.25) is 0 Å². The number of nitrogens with one attached hydrogen (secondary N) is 1. The maximum absolute atomic E-state index is 5.77. The molecule has 0 spiro atoms. The van der Waals surface area contributed by atoms with E-state index in [1.807, 2.05) is 6.08 Å². The highest BCUT2D eigenvalue weighted by Crippen LogP contribution is 2.26. The maximum Gasteiger partial charge on any atom is 0.0238 e. The molecule has 106 valence electrons. The van der Waals surface area contributed by atoms with Crippen LogP contribution in [0.25, 0.3) is 0 Å². The van der Waals surface area contributed by atoms with Gasteiger partial charge in [0.25, 0.3) is 0 Å². The van der Waals surface area contributed by atoms with Gasteiger partial charge in [-0.05, 0) is 38.0 Å². The molecule has 0 aromatic carbocycles. The lowest BCUT2D eigenvalue weighted by atomic mass is 9.84. The van der Waals surface area contributed by atoms with Crippen LogP contribution in [-0.2, 0) is 0 Å². The molecule has 1 aliphatic carbocycles. The van der Waals surface area contributed by atoms with Crippen LogP contribution in [0.5, 0.6) is 0 Å². The van der Waals surface area contributed by atoms with E-state index >= 15 is 0 Å². The van der Waals surface area contributed by atoms with Gasteiger partial charge in [0.05, 0.1) is 0 Å². The normalized spacial score (nSPS) is 20.1. The first-order valence-corrected chi connectivity index (χ1v) is 7.95. The van der Waals surface area contributed by atoms with Gasteiger partial charge in [0.2, 0.25) is 0 Å². The molecular weight excluding hydrogens is 220 g/mol. The standard InChI is InChI=1S/C16H32N2/c1-2-3-4-6-11-14-16(18-17)15-12-9-7-5-8-10-13-15/h2,15-16,18H,1,3-14,17H2. The molecule has 0 aromatic rings. The lowest BCUT2D eigenvalue weighted by Crippen LogP contribution is -2.41. The molecule has 1 atom stereocenters. The molecule has 0 bridgehead atoms. The zero-order chi connectivity index (χ0) is 13.1. The molecule has 1 aliphatic rings. The Morgan fingerprint density at radius 2 is 1.72 bits per heavy atom. The van der Waals surface area contributed by atoms with Gasteiger partial charge in [-0.1, -0.05) is 51.0 Å². The van der Waals surface area contributed by atoms with Gasteiger partial charge in [0.15, 0.2) is 0 Å². The van der Waals surface area contributed by atoms with Crippen LogP contribution >= 0.6 is 0 Å². The fourth-order valence-corrected chi connectivity index (χ4v) is 3.17. The molecule has 18 heavy (non-hydrogen) atoms. The second-order valence-electron chi connectivity index (χ2n) is 5.81. The van der Waals surface area contributed by atoms with Crippen molar-refractivity contribution in [2.45, 2.75) is 83.1 Å². The number of hydrogen-bond donors (Lipinski definition) is 2. The van der Waals surface area contributed by atoms with Gasteiger partial charge in [0.1, 0.15) is 0 Å². The molecule has 3 N–H and O–H groups in total. The third kappa shape index (κ3) is 6.55. The second-order valence-corrected chi connectivity index (χ2v) is 5.81. The Hall–Kier alpha value is -0.340. The topological polar surface area (TPSA) is 38.0 Å². The quantitative estimate of drug-likeness (QED) is 0.292. The van der Waals surface area contributed by atoms with Crippen LogP contribution in [0, 0.1) is 5.92 Å². The number of rotatable bonds is 8. The number of hydrogen-bond acceptors (Lipinski definition) is 2. The summed E-state index contributed by atoms with van der Waals surface area (Å²) < 4.78 is 0. The van der Waals surface area contributed by atoms with Gasteiger partial charge in [-0.2, -0.15) is 0 Å². The monoisotopic (exact) mass is 252 g/mol. The van der Waals surface area contributed by atoms with Crippen molar-refractivity contribution in [3.05, 3.63) is 12.7 Å². The molecule has 0 heterocycles. The SMILES string of the molecule is C=CCCCCCC(NN)C1CCCCCCC1. The summed E-state index contributed by atoms with van der Waals surface area (Å²) in [7, 11) is 0. The lowest BCUT2D eigenvalue weighted by molar-refractivity contribution is 0.270. The summed E-state index contributed by atoms with van der Waals surface area (Å²) in [5.41, 5.74) is 3.09. The van der Waals surface area contributed by atoms with Crippen molar-refractivity contribution in [1.82, 2.24) is 5.43 Å². The molecule has 0 aromatic heterocycles. The van der Waals surface area contributed by atoms with Crippen molar-refractivity contribution in [2.24, 2.45) is 11.8 Å². The molecule has 0 aliphatic heterocycles. The Balaban J connectivity index is 2.22. The van der Waals surface area contributed by atoms with Crippen molar-refractivity contribution in [3.8, 4) is 0 Å². The minimum Gasteiger partial charge on any atom is -0.271 e. The summed E-state index contributed by atoms with van der Waals surface area (Å²) in [4.78, 5) is 0. The molecular formula is C16H32N2. The number of unbranched alkanes of at least 4 members (excludes halogenated alkanes) is 3. The molecule has 1 rings (SSSR count). The fourth-order valence-electron chi connectivity index (χ4n) is 3.17. The van der Waals surface area contributed by atoms with Crippen LogP contribution in [0.3, 0.4) is 0 Å². The van der Waals surface area contributed by atoms with Crippen LogP contribution in [0.4, 0.5) is 0 Å². The molecule has 2 heteroatoms. The van der Waals surface area contributed by atoms with E-state index in [0.717, 1.165) is 12.3 Å². The summed E-state index contributed by atoms with van der Waals surface area (Å²) in [5.74, 6) is 6.58. The van der Waals surface area contributed by atoms with Gasteiger partial charge in [-0.15, -0.1) is 6.58 Å². The molecule has 1 fully saturated rings. The molecule has 1 saturated carbocycles. The predicted molar refractivity (Wildman–Crippen MR) is 80.2 cm³/mol. The predicted octanol–water partition coefficient (Wildman–Crippen LogP) is 4.32. The lowest BCUT2D eigenvalue weighted by Gasteiger charge is -2.28. The maximum atomic E-state index is 5.77.